The maximum Gasteiger partial charge on any atom is 0.158 e. The Morgan fingerprint density at radius 1 is 1.20 bits per heavy atom. The van der Waals surface area contributed by atoms with E-state index in [1.807, 2.05) is 13.8 Å². The third kappa shape index (κ3) is 3.54. The fourth-order valence-electron chi connectivity index (χ4n) is 8.08. The van der Waals surface area contributed by atoms with E-state index in [2.05, 4.69) is 32.9 Å². The average molecular weight is 415 g/mol. The van der Waals surface area contributed by atoms with Gasteiger partial charge in [0.2, 0.25) is 0 Å². The number of carbonyl (C=O) groups is 1. The van der Waals surface area contributed by atoms with Gasteiger partial charge in [-0.1, -0.05) is 45.8 Å². The van der Waals surface area contributed by atoms with Crippen molar-refractivity contribution in [2.45, 2.75) is 97.7 Å². The van der Waals surface area contributed by atoms with Gasteiger partial charge in [0.25, 0.3) is 0 Å². The summed E-state index contributed by atoms with van der Waals surface area (Å²) in [5.41, 5.74) is 0.596. The lowest BCUT2D eigenvalue weighted by Crippen LogP contribution is -2.54. The van der Waals surface area contributed by atoms with Gasteiger partial charge in [0.05, 0.1) is 11.7 Å². The number of hydrogen-bond acceptors (Lipinski definition) is 3. The summed E-state index contributed by atoms with van der Waals surface area (Å²) in [5, 5.41) is 21.0. The molecule has 0 spiro atoms. The number of ketones is 1. The van der Waals surface area contributed by atoms with Crippen LogP contribution in [-0.4, -0.2) is 27.7 Å². The predicted molar refractivity (Wildman–Crippen MR) is 121 cm³/mol. The average Bonchev–Trinajstić information content (AvgIpc) is 2.99. The molecule has 4 aliphatic carbocycles. The van der Waals surface area contributed by atoms with E-state index in [4.69, 9.17) is 0 Å². The van der Waals surface area contributed by atoms with Gasteiger partial charge in [0.1, 0.15) is 0 Å². The molecule has 30 heavy (non-hydrogen) atoms. The maximum atomic E-state index is 12.0. The molecule has 0 aromatic carbocycles. The number of fused-ring (bicyclic) bond motifs is 5. The van der Waals surface area contributed by atoms with Crippen LogP contribution in [0.25, 0.3) is 0 Å². The molecule has 4 rings (SSSR count). The maximum absolute atomic E-state index is 12.0. The van der Waals surface area contributed by atoms with Gasteiger partial charge in [-0.2, -0.15) is 0 Å². The fourth-order valence-corrected chi connectivity index (χ4v) is 8.08. The summed E-state index contributed by atoms with van der Waals surface area (Å²) >= 11 is 0. The van der Waals surface area contributed by atoms with Crippen molar-refractivity contribution in [3.8, 4) is 0 Å². The Balaban J connectivity index is 1.53. The van der Waals surface area contributed by atoms with Crippen LogP contribution in [0.1, 0.15) is 86.0 Å². The molecular weight excluding hydrogens is 372 g/mol. The Hall–Kier alpha value is -0.930. The number of hydrogen-bond donors (Lipinski definition) is 2. The predicted octanol–water partition coefficient (Wildman–Crippen LogP) is 5.46. The largest absolute Gasteiger partial charge is 0.392 e. The second kappa shape index (κ2) is 7.59. The molecule has 0 heterocycles. The molecule has 2 fully saturated rings. The molecule has 2 saturated carbocycles. The minimum Gasteiger partial charge on any atom is -0.392 e. The lowest BCUT2D eigenvalue weighted by molar-refractivity contribution is -0.123. The van der Waals surface area contributed by atoms with E-state index in [9.17, 15) is 15.0 Å². The van der Waals surface area contributed by atoms with E-state index < -0.39 is 11.7 Å². The van der Waals surface area contributed by atoms with Gasteiger partial charge in [-0.05, 0) is 92.6 Å². The van der Waals surface area contributed by atoms with Gasteiger partial charge in [-0.15, -0.1) is 0 Å². The first-order valence-corrected chi connectivity index (χ1v) is 12.3. The zero-order valence-corrected chi connectivity index (χ0v) is 19.7. The number of rotatable bonds is 5. The highest BCUT2D eigenvalue weighted by Gasteiger charge is 2.60. The fraction of sp³-hybridized carbons (Fsp3) is 0.815. The highest BCUT2D eigenvalue weighted by molar-refractivity contribution is 5.93. The molecule has 0 bridgehead atoms. The summed E-state index contributed by atoms with van der Waals surface area (Å²) in [6.45, 7) is 11.0. The number of aliphatic hydroxyl groups excluding tert-OH is 1. The Kier molecular flexibility index (Phi) is 5.63. The summed E-state index contributed by atoms with van der Waals surface area (Å²) in [4.78, 5) is 12.0. The molecule has 0 radical (unpaired) electrons. The number of carbonyl (C=O) groups excluding carboxylic acids is 1. The summed E-state index contributed by atoms with van der Waals surface area (Å²) < 4.78 is 0. The standard InChI is InChI=1S/C27H42O3/c1-17(7-6-13-25(2,3)30)21-10-11-22-20-9-8-18-15-19(28)16-24(29)27(18,5)23(20)12-14-26(21,22)4/h8-9,15,17,20-24,29-30H,6-7,10-14,16H2,1-5H3/t17-,20+,21-,22+,23+,24+,26-,27+/m1/s1. The van der Waals surface area contributed by atoms with E-state index in [1.54, 1.807) is 6.08 Å². The van der Waals surface area contributed by atoms with Crippen molar-refractivity contribution < 1.29 is 15.0 Å². The van der Waals surface area contributed by atoms with E-state index in [0.717, 1.165) is 30.8 Å². The van der Waals surface area contributed by atoms with Gasteiger partial charge in [-0.25, -0.2) is 0 Å². The molecular formula is C27H42O3. The van der Waals surface area contributed by atoms with E-state index in [1.165, 1.54) is 25.7 Å². The minimum absolute atomic E-state index is 0.0690. The van der Waals surface area contributed by atoms with Crippen LogP contribution >= 0.6 is 0 Å². The molecule has 0 unspecified atom stereocenters. The summed E-state index contributed by atoms with van der Waals surface area (Å²) in [7, 11) is 0. The molecule has 0 aromatic heterocycles. The van der Waals surface area contributed by atoms with Crippen LogP contribution < -0.4 is 0 Å². The Morgan fingerprint density at radius 3 is 2.63 bits per heavy atom. The van der Waals surface area contributed by atoms with Gasteiger partial charge in [0, 0.05) is 11.8 Å². The molecule has 0 aromatic rings. The van der Waals surface area contributed by atoms with E-state index in [-0.39, 0.29) is 17.6 Å². The van der Waals surface area contributed by atoms with Crippen LogP contribution in [0.4, 0.5) is 0 Å². The van der Waals surface area contributed by atoms with Gasteiger partial charge >= 0.3 is 0 Å². The van der Waals surface area contributed by atoms with Crippen molar-refractivity contribution in [1.29, 1.82) is 0 Å². The highest BCUT2D eigenvalue weighted by atomic mass is 16.3. The van der Waals surface area contributed by atoms with Crippen LogP contribution in [-0.2, 0) is 4.79 Å². The second-order valence-corrected chi connectivity index (χ2v) is 12.1. The van der Waals surface area contributed by atoms with Gasteiger partial charge in [-0.3, -0.25) is 4.79 Å². The van der Waals surface area contributed by atoms with Crippen molar-refractivity contribution >= 4 is 5.78 Å². The smallest absolute Gasteiger partial charge is 0.158 e. The van der Waals surface area contributed by atoms with Crippen molar-refractivity contribution in [2.24, 2.45) is 40.4 Å². The molecule has 0 amide bonds. The van der Waals surface area contributed by atoms with Crippen molar-refractivity contribution in [3.05, 3.63) is 23.8 Å². The summed E-state index contributed by atoms with van der Waals surface area (Å²) in [6, 6.07) is 0. The second-order valence-electron chi connectivity index (χ2n) is 12.1. The molecule has 0 saturated heterocycles. The third-order valence-corrected chi connectivity index (χ3v) is 9.83. The molecule has 0 aliphatic heterocycles. The zero-order valence-electron chi connectivity index (χ0n) is 19.7. The molecule has 4 aliphatic rings. The molecule has 168 valence electrons. The lowest BCUT2D eigenvalue weighted by Gasteiger charge is -2.57. The first-order chi connectivity index (χ1) is 14.0. The normalized spacial score (nSPS) is 44.2. The van der Waals surface area contributed by atoms with Gasteiger partial charge in [0.15, 0.2) is 5.78 Å². The van der Waals surface area contributed by atoms with E-state index in [0.29, 0.717) is 29.1 Å². The SMILES string of the molecule is C[C@H](CCCC(C)(C)O)[C@H]1CC[C@H]2[C@@H]3C=CC4=CC(=O)C[C@H](O)[C@]4(C)[C@H]3CC[C@]12C. The topological polar surface area (TPSA) is 57.5 Å². The number of allylic oxidation sites excluding steroid dienone is 3. The quantitative estimate of drug-likeness (QED) is 0.628. The van der Waals surface area contributed by atoms with Crippen LogP contribution in [0.3, 0.4) is 0 Å². The third-order valence-electron chi connectivity index (χ3n) is 9.83. The first-order valence-electron chi connectivity index (χ1n) is 12.3. The Morgan fingerprint density at radius 2 is 1.93 bits per heavy atom. The van der Waals surface area contributed by atoms with Crippen molar-refractivity contribution in [1.82, 2.24) is 0 Å². The van der Waals surface area contributed by atoms with Crippen LogP contribution in [0.2, 0.25) is 0 Å². The van der Waals surface area contributed by atoms with E-state index >= 15 is 0 Å². The van der Waals surface area contributed by atoms with Crippen LogP contribution in [0, 0.1) is 40.4 Å². The zero-order chi connectivity index (χ0) is 21.9. The first kappa shape index (κ1) is 22.3. The van der Waals surface area contributed by atoms with Crippen LogP contribution in [0.15, 0.2) is 23.8 Å². The molecule has 3 nitrogen and oxygen atoms in total. The summed E-state index contributed by atoms with van der Waals surface area (Å²) in [5.74, 6) is 3.15. The van der Waals surface area contributed by atoms with Crippen molar-refractivity contribution in [2.75, 3.05) is 0 Å². The Bertz CT molecular complexity index is 744. The molecule has 2 N–H and O–H groups in total. The van der Waals surface area contributed by atoms with Gasteiger partial charge < -0.3 is 10.2 Å². The van der Waals surface area contributed by atoms with Crippen molar-refractivity contribution in [3.63, 3.8) is 0 Å². The molecule has 8 atom stereocenters. The highest BCUT2D eigenvalue weighted by Crippen LogP contribution is 2.66. The summed E-state index contributed by atoms with van der Waals surface area (Å²) in [6.07, 6.45) is 14.2. The minimum atomic E-state index is -0.560. The Labute approximate surface area is 183 Å². The molecule has 3 heteroatoms. The van der Waals surface area contributed by atoms with Crippen LogP contribution in [0.5, 0.6) is 0 Å². The monoisotopic (exact) mass is 414 g/mol. The lowest BCUT2D eigenvalue weighted by atomic mass is 9.47. The number of aliphatic hydroxyl groups is 2.